The molecule has 16 heavy (non-hydrogen) atoms. The highest BCUT2D eigenvalue weighted by Crippen LogP contribution is 2.20. The number of thiophene rings is 1. The van der Waals surface area contributed by atoms with Crippen LogP contribution in [0.3, 0.4) is 0 Å². The number of nitrogens with two attached hydrogens (primary N) is 1. The van der Waals surface area contributed by atoms with E-state index < -0.39 is 22.1 Å². The highest BCUT2D eigenvalue weighted by molar-refractivity contribution is 7.86. The van der Waals surface area contributed by atoms with Crippen molar-refractivity contribution >= 4 is 37.8 Å². The van der Waals surface area contributed by atoms with Crippen LogP contribution in [0.15, 0.2) is 17.6 Å². The van der Waals surface area contributed by atoms with Crippen molar-refractivity contribution < 1.29 is 17.4 Å². The van der Waals surface area contributed by atoms with E-state index in [9.17, 15) is 13.2 Å². The van der Waals surface area contributed by atoms with E-state index in [2.05, 4.69) is 15.0 Å². The Morgan fingerprint density at radius 3 is 3.06 bits per heavy atom. The van der Waals surface area contributed by atoms with Gasteiger partial charge in [0.1, 0.15) is 4.83 Å². The molecule has 1 amide bonds. The van der Waals surface area contributed by atoms with Gasteiger partial charge in [0.25, 0.3) is 0 Å². The van der Waals surface area contributed by atoms with E-state index in [4.69, 9.17) is 0 Å². The number of fused-ring (bicyclic) bond motifs is 1. The third-order valence-corrected chi connectivity index (χ3v) is 3.66. The van der Waals surface area contributed by atoms with Crippen LogP contribution in [0.4, 0.5) is 4.79 Å². The Labute approximate surface area is 94.5 Å². The van der Waals surface area contributed by atoms with Gasteiger partial charge in [-0.15, -0.1) is 11.3 Å². The van der Waals surface area contributed by atoms with Gasteiger partial charge in [-0.1, -0.05) is 0 Å². The standard InChI is InChI=1S/C7H7N3O4S2/c8-7(11)14-16(12,13)4-10-6-5(3-9-10)1-2-15-6/h1-3H,4H2,(H2,8,11). The lowest BCUT2D eigenvalue weighted by molar-refractivity contribution is 0.212. The van der Waals surface area contributed by atoms with Gasteiger partial charge in [0, 0.05) is 5.39 Å². The summed E-state index contributed by atoms with van der Waals surface area (Å²) in [6, 6.07) is 1.81. The van der Waals surface area contributed by atoms with Gasteiger partial charge in [0.05, 0.1) is 6.20 Å². The molecule has 2 aromatic heterocycles. The van der Waals surface area contributed by atoms with Crippen molar-refractivity contribution in [1.29, 1.82) is 0 Å². The molecule has 2 N–H and O–H groups in total. The number of aromatic nitrogens is 2. The molecule has 2 aromatic rings. The summed E-state index contributed by atoms with van der Waals surface area (Å²) in [6.07, 6.45) is 0.181. The average molecular weight is 261 g/mol. The van der Waals surface area contributed by atoms with Crippen LogP contribution < -0.4 is 5.73 Å². The molecule has 9 heteroatoms. The maximum atomic E-state index is 11.3. The Hall–Kier alpha value is -1.61. The zero-order chi connectivity index (χ0) is 11.8. The molecule has 0 radical (unpaired) electrons. The van der Waals surface area contributed by atoms with Gasteiger partial charge in [-0.3, -0.25) is 0 Å². The second kappa shape index (κ2) is 3.76. The van der Waals surface area contributed by atoms with Crippen LogP contribution in [0.5, 0.6) is 0 Å². The van der Waals surface area contributed by atoms with Crippen molar-refractivity contribution in [1.82, 2.24) is 9.78 Å². The molecule has 0 aliphatic rings. The molecule has 0 spiro atoms. The second-order valence-corrected chi connectivity index (χ2v) is 5.35. The van der Waals surface area contributed by atoms with Crippen molar-refractivity contribution in [2.45, 2.75) is 5.88 Å². The minimum atomic E-state index is -4.04. The molecule has 0 unspecified atom stereocenters. The summed E-state index contributed by atoms with van der Waals surface area (Å²) in [5.74, 6) is -0.542. The molecule has 0 bridgehead atoms. The summed E-state index contributed by atoms with van der Waals surface area (Å²) in [5, 5.41) is 6.51. The van der Waals surface area contributed by atoms with Crippen LogP contribution in [0.1, 0.15) is 0 Å². The molecular weight excluding hydrogens is 254 g/mol. The topological polar surface area (TPSA) is 104 Å². The van der Waals surface area contributed by atoms with Gasteiger partial charge >= 0.3 is 16.2 Å². The van der Waals surface area contributed by atoms with Crippen LogP contribution >= 0.6 is 11.3 Å². The van der Waals surface area contributed by atoms with Crippen LogP contribution in [-0.2, 0) is 20.2 Å². The first-order valence-corrected chi connectivity index (χ1v) is 6.54. The fraction of sp³-hybridized carbons (Fsp3) is 0.143. The number of hydrogen-bond acceptors (Lipinski definition) is 6. The lowest BCUT2D eigenvalue weighted by Gasteiger charge is -2.03. The highest BCUT2D eigenvalue weighted by atomic mass is 32.2. The predicted octanol–water partition coefficient (Wildman–Crippen LogP) is 0.480. The van der Waals surface area contributed by atoms with E-state index in [0.29, 0.717) is 4.83 Å². The maximum Gasteiger partial charge on any atom is 0.420 e. The van der Waals surface area contributed by atoms with E-state index in [1.807, 2.05) is 11.4 Å². The molecule has 0 aliphatic carbocycles. The molecule has 7 nitrogen and oxygen atoms in total. The normalized spacial score (nSPS) is 11.8. The van der Waals surface area contributed by atoms with Gasteiger partial charge in [0.15, 0.2) is 5.88 Å². The Bertz CT molecular complexity index is 627. The molecule has 0 aliphatic heterocycles. The summed E-state index contributed by atoms with van der Waals surface area (Å²) in [5.41, 5.74) is 4.63. The smallest absolute Gasteiger partial charge is 0.334 e. The summed E-state index contributed by atoms with van der Waals surface area (Å²) < 4.78 is 27.8. The number of rotatable bonds is 3. The van der Waals surface area contributed by atoms with Gasteiger partial charge in [-0.25, -0.2) is 9.48 Å². The number of nitrogens with zero attached hydrogens (tertiary/aromatic N) is 2. The van der Waals surface area contributed by atoms with Crippen molar-refractivity contribution in [2.75, 3.05) is 0 Å². The Kier molecular flexibility index (Phi) is 2.56. The summed E-state index contributed by atoms with van der Waals surface area (Å²) in [7, 11) is -4.04. The average Bonchev–Trinajstić information content (AvgIpc) is 2.66. The third kappa shape index (κ3) is 2.14. The highest BCUT2D eigenvalue weighted by Gasteiger charge is 2.18. The minimum Gasteiger partial charge on any atom is -0.334 e. The molecule has 0 aromatic carbocycles. The van der Waals surface area contributed by atoms with Crippen molar-refractivity contribution in [3.63, 3.8) is 0 Å². The molecule has 0 fully saturated rings. The number of carbonyl (C=O) groups excluding carboxylic acids is 1. The number of amides is 1. The monoisotopic (exact) mass is 261 g/mol. The third-order valence-electron chi connectivity index (χ3n) is 1.73. The first-order chi connectivity index (χ1) is 7.48. The van der Waals surface area contributed by atoms with Gasteiger partial charge in [-0.2, -0.15) is 13.5 Å². The Balaban J connectivity index is 2.28. The van der Waals surface area contributed by atoms with E-state index >= 15 is 0 Å². The molecular formula is C7H7N3O4S2. The summed E-state index contributed by atoms with van der Waals surface area (Å²) in [6.45, 7) is 0. The molecule has 0 saturated heterocycles. The zero-order valence-corrected chi connectivity index (χ0v) is 9.49. The number of primary amides is 1. The van der Waals surface area contributed by atoms with E-state index in [1.54, 1.807) is 0 Å². The van der Waals surface area contributed by atoms with Crippen LogP contribution in [0, 0.1) is 0 Å². The SMILES string of the molecule is NC(=O)OS(=O)(=O)Cn1ncc2ccsc21. The summed E-state index contributed by atoms with van der Waals surface area (Å²) >= 11 is 1.34. The number of hydrogen-bond donors (Lipinski definition) is 1. The molecule has 0 atom stereocenters. The molecule has 86 valence electrons. The minimum absolute atomic E-state index is 0.542. The zero-order valence-electron chi connectivity index (χ0n) is 7.86. The van der Waals surface area contributed by atoms with Crippen molar-refractivity contribution in [2.24, 2.45) is 5.73 Å². The molecule has 2 heterocycles. The lowest BCUT2D eigenvalue weighted by atomic mass is 10.5. The van der Waals surface area contributed by atoms with E-state index in [0.717, 1.165) is 5.39 Å². The van der Waals surface area contributed by atoms with Crippen LogP contribution in [-0.4, -0.2) is 24.3 Å². The first-order valence-electron chi connectivity index (χ1n) is 4.08. The maximum absolute atomic E-state index is 11.3. The largest absolute Gasteiger partial charge is 0.420 e. The lowest BCUT2D eigenvalue weighted by Crippen LogP contribution is -2.22. The van der Waals surface area contributed by atoms with Gasteiger partial charge in [-0.05, 0) is 11.4 Å². The Morgan fingerprint density at radius 1 is 1.62 bits per heavy atom. The fourth-order valence-electron chi connectivity index (χ4n) is 1.20. The Morgan fingerprint density at radius 2 is 2.38 bits per heavy atom. The van der Waals surface area contributed by atoms with Crippen LogP contribution in [0.2, 0.25) is 0 Å². The van der Waals surface area contributed by atoms with E-state index in [-0.39, 0.29) is 0 Å². The molecule has 2 rings (SSSR count). The fourth-order valence-corrected chi connectivity index (χ4v) is 2.91. The van der Waals surface area contributed by atoms with Gasteiger partial charge in [0.2, 0.25) is 0 Å². The first kappa shape index (κ1) is 10.9. The van der Waals surface area contributed by atoms with Crippen LogP contribution in [0.25, 0.3) is 10.2 Å². The quantitative estimate of drug-likeness (QED) is 0.809. The summed E-state index contributed by atoms with van der Waals surface area (Å²) in [4.78, 5) is 11.0. The van der Waals surface area contributed by atoms with E-state index in [1.165, 1.54) is 22.2 Å². The van der Waals surface area contributed by atoms with Crippen molar-refractivity contribution in [3.8, 4) is 0 Å². The number of carbonyl (C=O) groups is 1. The molecule has 0 saturated carbocycles. The second-order valence-electron chi connectivity index (χ2n) is 2.91. The predicted molar refractivity (Wildman–Crippen MR) is 57.2 cm³/mol. The van der Waals surface area contributed by atoms with Crippen molar-refractivity contribution in [3.05, 3.63) is 17.6 Å². The van der Waals surface area contributed by atoms with Gasteiger partial charge < -0.3 is 9.92 Å².